The number of hydrogen-bond acceptors (Lipinski definition) is 4. The molecular weight excluding hydrogens is 250 g/mol. The van der Waals surface area contributed by atoms with E-state index in [9.17, 15) is 0 Å². The Bertz CT molecular complexity index is 591. The molecule has 1 fully saturated rings. The second-order valence-electron chi connectivity index (χ2n) is 5.73. The molecule has 2 atom stereocenters. The fourth-order valence-electron chi connectivity index (χ4n) is 3.14. The smallest absolute Gasteiger partial charge is 0.245 e. The Morgan fingerprint density at radius 3 is 2.95 bits per heavy atom. The zero-order valence-electron chi connectivity index (χ0n) is 12.3. The van der Waals surface area contributed by atoms with Gasteiger partial charge in [0.15, 0.2) is 5.65 Å². The summed E-state index contributed by atoms with van der Waals surface area (Å²) in [7, 11) is 0. The Balaban J connectivity index is 1.91. The molecule has 2 aromatic heterocycles. The number of aryl methyl sites for hydroxylation is 1. The van der Waals surface area contributed by atoms with Crippen LogP contribution in [0, 0.1) is 12.8 Å². The summed E-state index contributed by atoms with van der Waals surface area (Å²) in [5.74, 6) is 1.61. The maximum Gasteiger partial charge on any atom is 0.245 e. The molecule has 20 heavy (non-hydrogen) atoms. The molecule has 0 amide bonds. The summed E-state index contributed by atoms with van der Waals surface area (Å²) >= 11 is 0. The lowest BCUT2D eigenvalue weighted by atomic mass is 9.89. The number of hydrogen-bond donors (Lipinski definition) is 1. The molecular formula is C15H23N5. The minimum atomic E-state index is 0.367. The lowest BCUT2D eigenvalue weighted by Crippen LogP contribution is -2.47. The van der Waals surface area contributed by atoms with Crippen LogP contribution in [-0.4, -0.2) is 33.7 Å². The van der Waals surface area contributed by atoms with E-state index < -0.39 is 0 Å². The van der Waals surface area contributed by atoms with Gasteiger partial charge in [0.05, 0.1) is 0 Å². The summed E-state index contributed by atoms with van der Waals surface area (Å²) in [4.78, 5) is 6.96. The normalized spacial score (nSPS) is 23.4. The predicted octanol–water partition coefficient (Wildman–Crippen LogP) is 1.99. The number of anilines is 1. The van der Waals surface area contributed by atoms with E-state index in [1.165, 1.54) is 12.8 Å². The van der Waals surface area contributed by atoms with Crippen LogP contribution in [0.2, 0.25) is 0 Å². The van der Waals surface area contributed by atoms with E-state index in [0.29, 0.717) is 12.6 Å². The van der Waals surface area contributed by atoms with Crippen LogP contribution in [0.4, 0.5) is 5.95 Å². The summed E-state index contributed by atoms with van der Waals surface area (Å²) in [6.45, 7) is 6.00. The van der Waals surface area contributed by atoms with Gasteiger partial charge in [-0.05, 0) is 37.8 Å². The van der Waals surface area contributed by atoms with E-state index in [0.717, 1.165) is 36.2 Å². The van der Waals surface area contributed by atoms with Gasteiger partial charge >= 0.3 is 0 Å². The molecule has 108 valence electrons. The summed E-state index contributed by atoms with van der Waals surface area (Å²) in [5, 5.41) is 4.66. The minimum absolute atomic E-state index is 0.367. The van der Waals surface area contributed by atoms with Crippen LogP contribution in [0.25, 0.3) is 5.65 Å². The van der Waals surface area contributed by atoms with Gasteiger partial charge in [-0.15, -0.1) is 5.10 Å². The van der Waals surface area contributed by atoms with Crippen molar-refractivity contribution in [3.8, 4) is 0 Å². The van der Waals surface area contributed by atoms with Gasteiger partial charge in [-0.1, -0.05) is 19.4 Å². The Kier molecular flexibility index (Phi) is 3.61. The third-order valence-corrected chi connectivity index (χ3v) is 4.47. The van der Waals surface area contributed by atoms with Crippen molar-refractivity contribution in [3.63, 3.8) is 0 Å². The molecule has 0 aliphatic carbocycles. The van der Waals surface area contributed by atoms with Crippen LogP contribution in [0.15, 0.2) is 18.2 Å². The quantitative estimate of drug-likeness (QED) is 0.929. The lowest BCUT2D eigenvalue weighted by molar-refractivity contribution is 0.333. The fraction of sp³-hybridized carbons (Fsp3) is 0.600. The highest BCUT2D eigenvalue weighted by atomic mass is 15.4. The number of nitrogens with zero attached hydrogens (tertiary/aromatic N) is 4. The van der Waals surface area contributed by atoms with E-state index >= 15 is 0 Å². The Labute approximate surface area is 119 Å². The van der Waals surface area contributed by atoms with E-state index in [1.54, 1.807) is 0 Å². The first-order chi connectivity index (χ1) is 9.72. The summed E-state index contributed by atoms with van der Waals surface area (Å²) in [6.07, 6.45) is 3.60. The van der Waals surface area contributed by atoms with E-state index in [1.807, 2.05) is 16.6 Å². The van der Waals surface area contributed by atoms with Crippen molar-refractivity contribution in [2.75, 3.05) is 18.0 Å². The van der Waals surface area contributed by atoms with Crippen molar-refractivity contribution in [2.24, 2.45) is 11.7 Å². The van der Waals surface area contributed by atoms with Crippen molar-refractivity contribution in [1.29, 1.82) is 0 Å². The first kappa shape index (κ1) is 13.4. The third-order valence-electron chi connectivity index (χ3n) is 4.47. The van der Waals surface area contributed by atoms with Crippen LogP contribution in [-0.2, 0) is 0 Å². The summed E-state index contributed by atoms with van der Waals surface area (Å²) in [5.41, 5.74) is 7.98. The lowest BCUT2D eigenvalue weighted by Gasteiger charge is -2.38. The monoisotopic (exact) mass is 273 g/mol. The van der Waals surface area contributed by atoms with Crippen molar-refractivity contribution in [2.45, 2.75) is 39.2 Å². The zero-order chi connectivity index (χ0) is 14.1. The predicted molar refractivity (Wildman–Crippen MR) is 80.9 cm³/mol. The van der Waals surface area contributed by atoms with Gasteiger partial charge in [-0.3, -0.25) is 0 Å². The first-order valence-electron chi connectivity index (χ1n) is 7.52. The highest BCUT2D eigenvalue weighted by molar-refractivity contribution is 5.46. The molecule has 0 radical (unpaired) electrons. The van der Waals surface area contributed by atoms with Crippen LogP contribution < -0.4 is 10.6 Å². The second-order valence-corrected chi connectivity index (χ2v) is 5.73. The van der Waals surface area contributed by atoms with Gasteiger partial charge in [0.25, 0.3) is 0 Å². The second kappa shape index (κ2) is 5.40. The van der Waals surface area contributed by atoms with Gasteiger partial charge < -0.3 is 10.6 Å². The molecule has 3 rings (SSSR count). The first-order valence-corrected chi connectivity index (χ1v) is 7.52. The van der Waals surface area contributed by atoms with Gasteiger partial charge in [-0.25, -0.2) is 4.52 Å². The summed E-state index contributed by atoms with van der Waals surface area (Å²) < 4.78 is 1.91. The topological polar surface area (TPSA) is 59.5 Å². The molecule has 2 aromatic rings. The number of fused-ring (bicyclic) bond motifs is 1. The number of nitrogens with two attached hydrogens (primary N) is 1. The van der Waals surface area contributed by atoms with Crippen molar-refractivity contribution in [3.05, 3.63) is 23.9 Å². The highest BCUT2D eigenvalue weighted by Crippen LogP contribution is 2.28. The van der Waals surface area contributed by atoms with E-state index in [2.05, 4.69) is 34.9 Å². The van der Waals surface area contributed by atoms with Gasteiger partial charge in [0, 0.05) is 24.8 Å². The molecule has 0 spiro atoms. The van der Waals surface area contributed by atoms with E-state index in [-0.39, 0.29) is 0 Å². The average molecular weight is 273 g/mol. The largest absolute Gasteiger partial charge is 0.335 e. The van der Waals surface area contributed by atoms with Gasteiger partial charge in [-0.2, -0.15) is 4.98 Å². The minimum Gasteiger partial charge on any atom is -0.335 e. The number of piperidine rings is 1. The average Bonchev–Trinajstić information content (AvgIpc) is 2.92. The molecule has 5 nitrogen and oxygen atoms in total. The summed E-state index contributed by atoms with van der Waals surface area (Å²) in [6, 6.07) is 6.44. The van der Waals surface area contributed by atoms with Crippen LogP contribution in [0.3, 0.4) is 0 Å². The maximum atomic E-state index is 5.97. The van der Waals surface area contributed by atoms with Crippen LogP contribution in [0.5, 0.6) is 0 Å². The van der Waals surface area contributed by atoms with Crippen molar-refractivity contribution >= 4 is 11.6 Å². The zero-order valence-corrected chi connectivity index (χ0v) is 12.3. The number of pyridine rings is 1. The molecule has 5 heteroatoms. The SMILES string of the molecule is CCC1CCN(c2nc3cccc(C)n3n2)C(CN)C1. The number of aromatic nitrogens is 3. The molecule has 3 heterocycles. The molecule has 2 N–H and O–H groups in total. The van der Waals surface area contributed by atoms with Crippen LogP contribution in [0.1, 0.15) is 31.9 Å². The van der Waals surface area contributed by atoms with Gasteiger partial charge in [0.2, 0.25) is 5.95 Å². The molecule has 1 aliphatic heterocycles. The molecule has 0 bridgehead atoms. The Morgan fingerprint density at radius 1 is 1.40 bits per heavy atom. The molecule has 2 unspecified atom stereocenters. The van der Waals surface area contributed by atoms with Crippen LogP contribution >= 0.6 is 0 Å². The molecule has 1 aliphatic rings. The van der Waals surface area contributed by atoms with Crippen molar-refractivity contribution < 1.29 is 0 Å². The van der Waals surface area contributed by atoms with E-state index in [4.69, 9.17) is 5.73 Å². The molecule has 0 aromatic carbocycles. The highest BCUT2D eigenvalue weighted by Gasteiger charge is 2.29. The van der Waals surface area contributed by atoms with Gasteiger partial charge in [0.1, 0.15) is 0 Å². The third kappa shape index (κ3) is 2.26. The molecule has 0 saturated carbocycles. The maximum absolute atomic E-state index is 5.97. The standard InChI is InChI=1S/C15H23N5/c1-3-12-7-8-19(13(9-12)10-16)15-17-14-6-4-5-11(2)20(14)18-15/h4-6,12-13H,3,7-10,16H2,1-2H3. The molecule has 1 saturated heterocycles. The van der Waals surface area contributed by atoms with Crippen molar-refractivity contribution in [1.82, 2.24) is 14.6 Å². The Morgan fingerprint density at radius 2 is 2.25 bits per heavy atom. The fourth-order valence-corrected chi connectivity index (χ4v) is 3.14. The number of rotatable bonds is 3. The Hall–Kier alpha value is -1.62.